The lowest BCUT2D eigenvalue weighted by molar-refractivity contribution is -0.122. The van der Waals surface area contributed by atoms with Crippen molar-refractivity contribution in [3.8, 4) is 5.75 Å². The third kappa shape index (κ3) is 3.44. The zero-order valence-electron chi connectivity index (χ0n) is 13.2. The topological polar surface area (TPSA) is 84.5 Å². The Morgan fingerprint density at radius 1 is 1.15 bits per heavy atom. The summed E-state index contributed by atoms with van der Waals surface area (Å²) in [4.78, 5) is 12.7. The van der Waals surface area contributed by atoms with Crippen molar-refractivity contribution in [1.82, 2.24) is 10.6 Å². The first-order chi connectivity index (χ1) is 12.1. The number of benzene rings is 2. The van der Waals surface area contributed by atoms with Gasteiger partial charge in [0.1, 0.15) is 11.6 Å². The Labute approximate surface area is 163 Å². The van der Waals surface area contributed by atoms with E-state index in [1.165, 1.54) is 42.5 Å². The average Bonchev–Trinajstić information content (AvgIpc) is 2.84. The zero-order valence-corrected chi connectivity index (χ0v) is 16.5. The highest BCUT2D eigenvalue weighted by atomic mass is 79.9. The molecule has 2 N–H and O–H groups in total. The van der Waals surface area contributed by atoms with Gasteiger partial charge in [-0.2, -0.15) is 8.42 Å². The molecule has 1 amide bonds. The second-order valence-electron chi connectivity index (χ2n) is 5.60. The standard InChI is InChI=1S/C16H12BrFN2O4S2/c1-26(22,23)24-11-5-2-9(3-6-11)16(14(21)19-15(25)20-16)10-4-7-13(18)12(17)8-10/h2-8H,1H3,(H2,19,20,21,25). The van der Waals surface area contributed by atoms with Crippen molar-refractivity contribution in [2.24, 2.45) is 0 Å². The molecule has 136 valence electrons. The van der Waals surface area contributed by atoms with Gasteiger partial charge >= 0.3 is 10.1 Å². The first-order valence-corrected chi connectivity index (χ1v) is 10.2. The van der Waals surface area contributed by atoms with Gasteiger partial charge in [-0.1, -0.05) is 18.2 Å². The maximum Gasteiger partial charge on any atom is 0.306 e. The fourth-order valence-electron chi connectivity index (χ4n) is 2.69. The van der Waals surface area contributed by atoms with Crippen LogP contribution in [0.15, 0.2) is 46.9 Å². The van der Waals surface area contributed by atoms with Crippen LogP contribution in [-0.4, -0.2) is 25.7 Å². The lowest BCUT2D eigenvalue weighted by Gasteiger charge is -2.28. The van der Waals surface area contributed by atoms with Gasteiger partial charge in [0.2, 0.25) is 0 Å². The highest BCUT2D eigenvalue weighted by molar-refractivity contribution is 9.10. The number of hydrogen-bond acceptors (Lipinski definition) is 5. The van der Waals surface area contributed by atoms with Crippen molar-refractivity contribution in [1.29, 1.82) is 0 Å². The van der Waals surface area contributed by atoms with E-state index in [2.05, 4.69) is 26.6 Å². The number of carbonyl (C=O) groups is 1. The van der Waals surface area contributed by atoms with Gasteiger partial charge in [-0.15, -0.1) is 0 Å². The van der Waals surface area contributed by atoms with E-state index < -0.39 is 27.4 Å². The highest BCUT2D eigenvalue weighted by Gasteiger charge is 2.48. The van der Waals surface area contributed by atoms with Crippen LogP contribution >= 0.6 is 28.1 Å². The molecule has 1 aliphatic rings. The van der Waals surface area contributed by atoms with Gasteiger partial charge in [-0.25, -0.2) is 4.39 Å². The Balaban J connectivity index is 2.12. The largest absolute Gasteiger partial charge is 0.383 e. The van der Waals surface area contributed by atoms with Gasteiger partial charge < -0.3 is 14.8 Å². The molecule has 2 aromatic rings. The minimum Gasteiger partial charge on any atom is -0.383 e. The van der Waals surface area contributed by atoms with E-state index in [1.807, 2.05) is 0 Å². The summed E-state index contributed by atoms with van der Waals surface area (Å²) < 4.78 is 41.1. The van der Waals surface area contributed by atoms with E-state index in [-0.39, 0.29) is 15.3 Å². The molecule has 0 bridgehead atoms. The Bertz CT molecular complexity index is 1010. The quantitative estimate of drug-likeness (QED) is 0.539. The van der Waals surface area contributed by atoms with Gasteiger partial charge in [-0.05, 0) is 63.5 Å². The lowest BCUT2D eigenvalue weighted by atomic mass is 9.83. The van der Waals surface area contributed by atoms with Crippen molar-refractivity contribution in [2.75, 3.05) is 6.26 Å². The van der Waals surface area contributed by atoms with Crippen molar-refractivity contribution in [3.05, 3.63) is 63.9 Å². The number of hydrogen-bond donors (Lipinski definition) is 2. The molecule has 3 rings (SSSR count). The van der Waals surface area contributed by atoms with Crippen LogP contribution in [0.1, 0.15) is 11.1 Å². The lowest BCUT2D eigenvalue weighted by Crippen LogP contribution is -2.44. The van der Waals surface area contributed by atoms with Crippen molar-refractivity contribution in [3.63, 3.8) is 0 Å². The first-order valence-electron chi connectivity index (χ1n) is 7.21. The van der Waals surface area contributed by atoms with E-state index in [1.54, 1.807) is 0 Å². The highest BCUT2D eigenvalue weighted by Crippen LogP contribution is 2.35. The molecule has 1 heterocycles. The van der Waals surface area contributed by atoms with Crippen LogP contribution in [0.5, 0.6) is 5.75 Å². The fourth-order valence-corrected chi connectivity index (χ4v) is 3.78. The Hall–Kier alpha value is -2.04. The average molecular weight is 459 g/mol. The molecule has 0 radical (unpaired) electrons. The molecule has 1 unspecified atom stereocenters. The van der Waals surface area contributed by atoms with E-state index >= 15 is 0 Å². The Morgan fingerprint density at radius 3 is 2.27 bits per heavy atom. The van der Waals surface area contributed by atoms with Gasteiger partial charge in [0.25, 0.3) is 5.91 Å². The molecule has 1 atom stereocenters. The van der Waals surface area contributed by atoms with Crippen LogP contribution < -0.4 is 14.8 Å². The normalized spacial score (nSPS) is 19.8. The number of nitrogens with one attached hydrogen (secondary N) is 2. The summed E-state index contributed by atoms with van der Waals surface area (Å²) in [5, 5.41) is 5.60. The number of halogens is 2. The summed E-state index contributed by atoms with van der Waals surface area (Å²) in [6.45, 7) is 0. The summed E-state index contributed by atoms with van der Waals surface area (Å²) in [5.74, 6) is -0.799. The molecule has 0 aromatic heterocycles. The number of amides is 1. The SMILES string of the molecule is CS(=O)(=O)Oc1ccc(C2(c3ccc(F)c(Br)c3)NC(=S)NC2=O)cc1. The van der Waals surface area contributed by atoms with Crippen LogP contribution in [0.3, 0.4) is 0 Å². The second-order valence-corrected chi connectivity index (χ2v) is 8.44. The minimum atomic E-state index is -3.67. The van der Waals surface area contributed by atoms with E-state index in [9.17, 15) is 17.6 Å². The molecule has 6 nitrogen and oxygen atoms in total. The summed E-state index contributed by atoms with van der Waals surface area (Å²) in [7, 11) is -3.67. The maximum atomic E-state index is 13.6. The van der Waals surface area contributed by atoms with Gasteiger partial charge in [0.05, 0.1) is 10.7 Å². The first kappa shape index (κ1) is 18.7. The zero-order chi connectivity index (χ0) is 19.1. The molecule has 2 aromatic carbocycles. The van der Waals surface area contributed by atoms with E-state index in [0.717, 1.165) is 6.26 Å². The summed E-state index contributed by atoms with van der Waals surface area (Å²) in [6, 6.07) is 10.1. The van der Waals surface area contributed by atoms with Crippen molar-refractivity contribution in [2.45, 2.75) is 5.54 Å². The van der Waals surface area contributed by atoms with Crippen LogP contribution in [-0.2, 0) is 20.5 Å². The van der Waals surface area contributed by atoms with Gasteiger partial charge in [0.15, 0.2) is 10.7 Å². The molecular formula is C16H12BrFN2O4S2. The predicted octanol–water partition coefficient (Wildman–Crippen LogP) is 2.17. The molecule has 1 saturated heterocycles. The molecule has 1 fully saturated rings. The molecule has 0 aliphatic carbocycles. The van der Waals surface area contributed by atoms with E-state index in [0.29, 0.717) is 11.1 Å². The molecule has 0 saturated carbocycles. The number of thiocarbonyl (C=S) groups is 1. The third-order valence-corrected chi connectivity index (χ3v) is 5.06. The molecule has 1 aliphatic heterocycles. The molecule has 0 spiro atoms. The van der Waals surface area contributed by atoms with Crippen LogP contribution in [0, 0.1) is 5.82 Å². The molecular weight excluding hydrogens is 447 g/mol. The fraction of sp³-hybridized carbons (Fsp3) is 0.125. The monoisotopic (exact) mass is 458 g/mol. The van der Waals surface area contributed by atoms with Crippen LogP contribution in [0.25, 0.3) is 0 Å². The van der Waals surface area contributed by atoms with Gasteiger partial charge in [-0.3, -0.25) is 4.79 Å². The smallest absolute Gasteiger partial charge is 0.306 e. The van der Waals surface area contributed by atoms with Crippen molar-refractivity contribution < 1.29 is 21.8 Å². The van der Waals surface area contributed by atoms with Gasteiger partial charge in [0, 0.05) is 0 Å². The number of rotatable bonds is 4. The Morgan fingerprint density at radius 2 is 1.77 bits per heavy atom. The van der Waals surface area contributed by atoms with Crippen LogP contribution in [0.4, 0.5) is 4.39 Å². The van der Waals surface area contributed by atoms with E-state index in [4.69, 9.17) is 16.4 Å². The number of carbonyl (C=O) groups excluding carboxylic acids is 1. The Kier molecular flexibility index (Phi) is 4.76. The predicted molar refractivity (Wildman–Crippen MR) is 101 cm³/mol. The summed E-state index contributed by atoms with van der Waals surface area (Å²) >= 11 is 8.18. The summed E-state index contributed by atoms with van der Waals surface area (Å²) in [6.07, 6.45) is 0.933. The van der Waals surface area contributed by atoms with Crippen LogP contribution in [0.2, 0.25) is 0 Å². The molecule has 10 heteroatoms. The minimum absolute atomic E-state index is 0.104. The molecule has 26 heavy (non-hydrogen) atoms. The van der Waals surface area contributed by atoms with Crippen molar-refractivity contribution >= 4 is 49.3 Å². The maximum absolute atomic E-state index is 13.6. The second kappa shape index (κ2) is 6.60. The summed E-state index contributed by atoms with van der Waals surface area (Å²) in [5.41, 5.74) is -0.439. The third-order valence-electron chi connectivity index (χ3n) is 3.76.